The molecule has 6 nitrogen and oxygen atoms in total. The van der Waals surface area contributed by atoms with Crippen molar-refractivity contribution in [3.8, 4) is 6.07 Å². The van der Waals surface area contributed by atoms with Crippen LogP contribution in [0.1, 0.15) is 32.1 Å². The lowest BCUT2D eigenvalue weighted by molar-refractivity contribution is -0.128. The summed E-state index contributed by atoms with van der Waals surface area (Å²) in [5, 5.41) is 15.6. The van der Waals surface area contributed by atoms with Crippen molar-refractivity contribution in [2.45, 2.75) is 37.6 Å². The first kappa shape index (κ1) is 14.3. The van der Waals surface area contributed by atoms with Gasteiger partial charge in [-0.2, -0.15) is 5.26 Å². The standard InChI is InChI=1S/C15H22N4O2/c16-7-10(11-4-5-18-13(11)20)6-15(14(17)21)12-3-1-2-9(12)8-19-15/h9-12,19H,1-6,8H2,(H2,17,21)(H,18,20)/t9?,10?,11-,12?,15-/m0/s1. The maximum absolute atomic E-state index is 12.2. The largest absolute Gasteiger partial charge is 0.368 e. The molecule has 5 atom stereocenters. The maximum atomic E-state index is 12.2. The first-order valence-electron chi connectivity index (χ1n) is 7.81. The van der Waals surface area contributed by atoms with Gasteiger partial charge in [0, 0.05) is 6.54 Å². The lowest BCUT2D eigenvalue weighted by Gasteiger charge is -2.34. The second-order valence-corrected chi connectivity index (χ2v) is 6.64. The van der Waals surface area contributed by atoms with Gasteiger partial charge in [0.15, 0.2) is 0 Å². The highest BCUT2D eigenvalue weighted by atomic mass is 16.2. The van der Waals surface area contributed by atoms with E-state index in [4.69, 9.17) is 5.73 Å². The minimum atomic E-state index is -0.801. The second kappa shape index (κ2) is 5.30. The molecule has 2 saturated heterocycles. The molecule has 0 aromatic heterocycles. The van der Waals surface area contributed by atoms with E-state index in [1.54, 1.807) is 0 Å². The first-order chi connectivity index (χ1) is 10.1. The zero-order valence-electron chi connectivity index (χ0n) is 12.1. The van der Waals surface area contributed by atoms with Crippen molar-refractivity contribution in [3.63, 3.8) is 0 Å². The molecule has 0 aromatic carbocycles. The van der Waals surface area contributed by atoms with Gasteiger partial charge < -0.3 is 16.4 Å². The van der Waals surface area contributed by atoms with Crippen LogP contribution in [0.5, 0.6) is 0 Å². The van der Waals surface area contributed by atoms with Crippen LogP contribution in [-0.4, -0.2) is 30.4 Å². The van der Waals surface area contributed by atoms with Crippen molar-refractivity contribution in [2.24, 2.45) is 29.4 Å². The van der Waals surface area contributed by atoms with Gasteiger partial charge in [-0.05, 0) is 44.1 Å². The summed E-state index contributed by atoms with van der Waals surface area (Å²) in [5.41, 5.74) is 4.91. The quantitative estimate of drug-likeness (QED) is 0.671. The van der Waals surface area contributed by atoms with Gasteiger partial charge in [0.25, 0.3) is 0 Å². The average molecular weight is 290 g/mol. The van der Waals surface area contributed by atoms with Crippen LogP contribution in [0, 0.1) is 35.0 Å². The minimum absolute atomic E-state index is 0.0675. The van der Waals surface area contributed by atoms with E-state index in [1.165, 1.54) is 0 Å². The van der Waals surface area contributed by atoms with Gasteiger partial charge in [-0.15, -0.1) is 0 Å². The molecular formula is C15H22N4O2. The highest BCUT2D eigenvalue weighted by Gasteiger charge is 2.55. The number of rotatable bonds is 4. The molecule has 4 N–H and O–H groups in total. The number of nitriles is 1. The molecule has 2 amide bonds. The fraction of sp³-hybridized carbons (Fsp3) is 0.800. The Kier molecular flexibility index (Phi) is 3.62. The summed E-state index contributed by atoms with van der Waals surface area (Å²) in [4.78, 5) is 24.0. The first-order valence-corrected chi connectivity index (χ1v) is 7.81. The van der Waals surface area contributed by atoms with Gasteiger partial charge in [0.2, 0.25) is 11.8 Å². The van der Waals surface area contributed by atoms with Gasteiger partial charge >= 0.3 is 0 Å². The van der Waals surface area contributed by atoms with Gasteiger partial charge in [-0.25, -0.2) is 0 Å². The second-order valence-electron chi connectivity index (χ2n) is 6.64. The number of carbonyl (C=O) groups excluding carboxylic acids is 2. The molecule has 3 fully saturated rings. The zero-order chi connectivity index (χ0) is 15.0. The smallest absolute Gasteiger partial charge is 0.238 e. The Morgan fingerprint density at radius 1 is 1.48 bits per heavy atom. The van der Waals surface area contributed by atoms with E-state index in [1.807, 2.05) is 0 Å². The summed E-state index contributed by atoms with van der Waals surface area (Å²) in [6.45, 7) is 1.41. The third kappa shape index (κ3) is 2.20. The van der Waals surface area contributed by atoms with Gasteiger partial charge in [0.05, 0.1) is 17.9 Å². The SMILES string of the molecule is N#CC(C[C@]1(C(N)=O)NCC2CCCC21)[C@@H]1CCNC1=O. The predicted molar refractivity (Wildman–Crippen MR) is 75.6 cm³/mol. The van der Waals surface area contributed by atoms with Crippen molar-refractivity contribution in [1.29, 1.82) is 5.26 Å². The number of amides is 2. The van der Waals surface area contributed by atoms with Crippen molar-refractivity contribution in [3.05, 3.63) is 0 Å². The fourth-order valence-corrected chi connectivity index (χ4v) is 4.59. The van der Waals surface area contributed by atoms with E-state index < -0.39 is 11.5 Å². The van der Waals surface area contributed by atoms with Crippen molar-refractivity contribution < 1.29 is 9.59 Å². The highest BCUT2D eigenvalue weighted by molar-refractivity contribution is 5.86. The Hall–Kier alpha value is -1.61. The van der Waals surface area contributed by atoms with Crippen molar-refractivity contribution in [2.75, 3.05) is 13.1 Å². The Bertz CT molecular complexity index is 500. The number of hydrogen-bond acceptors (Lipinski definition) is 4. The Labute approximate surface area is 124 Å². The predicted octanol–water partition coefficient (Wildman–Crippen LogP) is -0.104. The molecule has 2 aliphatic heterocycles. The third-order valence-corrected chi connectivity index (χ3v) is 5.70. The molecule has 1 aliphatic carbocycles. The molecule has 21 heavy (non-hydrogen) atoms. The molecule has 3 aliphatic rings. The molecule has 3 unspecified atom stereocenters. The van der Waals surface area contributed by atoms with Gasteiger partial charge in [-0.3, -0.25) is 9.59 Å². The van der Waals surface area contributed by atoms with Gasteiger partial charge in [-0.1, -0.05) is 6.42 Å². The van der Waals surface area contributed by atoms with E-state index in [0.29, 0.717) is 25.3 Å². The van der Waals surface area contributed by atoms with E-state index in [2.05, 4.69) is 16.7 Å². The van der Waals surface area contributed by atoms with E-state index in [-0.39, 0.29) is 23.7 Å². The molecular weight excluding hydrogens is 268 g/mol. The topological polar surface area (TPSA) is 108 Å². The summed E-state index contributed by atoms with van der Waals surface area (Å²) in [5.74, 6) is -0.498. The lowest BCUT2D eigenvalue weighted by atomic mass is 9.72. The average Bonchev–Trinajstić information content (AvgIpc) is 3.13. The monoisotopic (exact) mass is 290 g/mol. The molecule has 114 valence electrons. The summed E-state index contributed by atoms with van der Waals surface area (Å²) in [6.07, 6.45) is 4.24. The van der Waals surface area contributed by atoms with Crippen LogP contribution < -0.4 is 16.4 Å². The number of nitrogens with one attached hydrogen (secondary N) is 2. The minimum Gasteiger partial charge on any atom is -0.368 e. The summed E-state index contributed by atoms with van der Waals surface area (Å²) in [6, 6.07) is 2.25. The number of nitrogens with zero attached hydrogens (tertiary/aromatic N) is 1. The molecule has 0 bridgehead atoms. The molecule has 6 heteroatoms. The number of hydrogen-bond donors (Lipinski definition) is 3. The lowest BCUT2D eigenvalue weighted by Crippen LogP contribution is -2.57. The van der Waals surface area contributed by atoms with Crippen LogP contribution in [0.25, 0.3) is 0 Å². The van der Waals surface area contributed by atoms with Crippen molar-refractivity contribution >= 4 is 11.8 Å². The van der Waals surface area contributed by atoms with Crippen LogP contribution in [0.3, 0.4) is 0 Å². The van der Waals surface area contributed by atoms with E-state index in [9.17, 15) is 14.9 Å². The maximum Gasteiger partial charge on any atom is 0.238 e. The summed E-state index contributed by atoms with van der Waals surface area (Å²) >= 11 is 0. The van der Waals surface area contributed by atoms with Crippen molar-refractivity contribution in [1.82, 2.24) is 10.6 Å². The van der Waals surface area contributed by atoms with Crippen LogP contribution in [-0.2, 0) is 9.59 Å². The molecule has 0 spiro atoms. The summed E-state index contributed by atoms with van der Waals surface area (Å²) < 4.78 is 0. The summed E-state index contributed by atoms with van der Waals surface area (Å²) in [7, 11) is 0. The fourth-order valence-electron chi connectivity index (χ4n) is 4.59. The zero-order valence-corrected chi connectivity index (χ0v) is 12.1. The molecule has 1 saturated carbocycles. The van der Waals surface area contributed by atoms with E-state index in [0.717, 1.165) is 25.8 Å². The molecule has 0 aromatic rings. The number of carbonyl (C=O) groups is 2. The van der Waals surface area contributed by atoms with Crippen LogP contribution in [0.2, 0.25) is 0 Å². The highest BCUT2D eigenvalue weighted by Crippen LogP contribution is 2.46. The Balaban J connectivity index is 1.83. The number of primary amides is 1. The number of fused-ring (bicyclic) bond motifs is 1. The molecule has 2 heterocycles. The normalized spacial score (nSPS) is 39.6. The Morgan fingerprint density at radius 2 is 2.29 bits per heavy atom. The molecule has 0 radical (unpaired) electrons. The Morgan fingerprint density at radius 3 is 2.90 bits per heavy atom. The molecule has 3 rings (SSSR count). The van der Waals surface area contributed by atoms with Crippen LogP contribution in [0.15, 0.2) is 0 Å². The van der Waals surface area contributed by atoms with Crippen LogP contribution in [0.4, 0.5) is 0 Å². The third-order valence-electron chi connectivity index (χ3n) is 5.70. The van der Waals surface area contributed by atoms with E-state index >= 15 is 0 Å². The number of nitrogens with two attached hydrogens (primary N) is 1. The van der Waals surface area contributed by atoms with Crippen LogP contribution >= 0.6 is 0 Å². The van der Waals surface area contributed by atoms with Gasteiger partial charge in [0.1, 0.15) is 5.54 Å².